The fraction of sp³-hybridized carbons (Fsp3) is 1.00. The van der Waals surface area contributed by atoms with Crippen LogP contribution < -0.4 is 0 Å². The highest BCUT2D eigenvalue weighted by atomic mass is 19.3. The van der Waals surface area contributed by atoms with Crippen LogP contribution in [0.25, 0.3) is 0 Å². The average Bonchev–Trinajstić information content (AvgIpc) is 2.62. The largest absolute Gasteiger partial charge is 0.295 e. The number of alkyl halides is 2. The molecule has 0 bridgehead atoms. The first-order valence-electron chi connectivity index (χ1n) is 5.20. The molecule has 0 aromatic rings. The zero-order chi connectivity index (χ0) is 9.42. The minimum atomic E-state index is -2.14. The Kier molecular flexibility index (Phi) is 2.54. The second-order valence-corrected chi connectivity index (χ2v) is 4.51. The van der Waals surface area contributed by atoms with Gasteiger partial charge in [0, 0.05) is 6.54 Å². The van der Waals surface area contributed by atoms with Gasteiger partial charge < -0.3 is 0 Å². The Labute approximate surface area is 78.1 Å². The molecule has 2 unspecified atom stereocenters. The molecule has 0 aromatic carbocycles. The van der Waals surface area contributed by atoms with Crippen LogP contribution in [0.5, 0.6) is 0 Å². The summed E-state index contributed by atoms with van der Waals surface area (Å²) in [5.74, 6) is 1.48. The molecular formula is C10H17F2N. The number of halogens is 2. The van der Waals surface area contributed by atoms with Crippen molar-refractivity contribution in [3.05, 3.63) is 0 Å². The smallest absolute Gasteiger partial charge is 0.253 e. The summed E-state index contributed by atoms with van der Waals surface area (Å²) in [6.45, 7) is 4.01. The number of hydrogen-bond acceptors (Lipinski definition) is 1. The Morgan fingerprint density at radius 3 is 2.69 bits per heavy atom. The van der Waals surface area contributed by atoms with Crippen LogP contribution in [-0.2, 0) is 0 Å². The van der Waals surface area contributed by atoms with Gasteiger partial charge in [-0.3, -0.25) is 4.90 Å². The molecule has 2 fully saturated rings. The van der Waals surface area contributed by atoms with E-state index in [1.807, 2.05) is 4.90 Å². The van der Waals surface area contributed by atoms with Crippen molar-refractivity contribution in [2.75, 3.05) is 13.1 Å². The van der Waals surface area contributed by atoms with Crippen LogP contribution in [-0.4, -0.2) is 30.5 Å². The third-order valence-corrected chi connectivity index (χ3v) is 3.45. The monoisotopic (exact) mass is 189 g/mol. The standard InChI is InChI=1S/C10H17F2N/c1-7-5-8(7)6-13-4-2-3-9(13)10(11)12/h7-10H,2-6H2,1H3/t7?,8?,9-/m1/s1. The van der Waals surface area contributed by atoms with Gasteiger partial charge in [0.1, 0.15) is 0 Å². The van der Waals surface area contributed by atoms with Gasteiger partial charge in [0.25, 0.3) is 6.43 Å². The van der Waals surface area contributed by atoms with Gasteiger partial charge in [-0.15, -0.1) is 0 Å². The summed E-state index contributed by atoms with van der Waals surface area (Å²) in [4.78, 5) is 2.00. The van der Waals surface area contributed by atoms with Gasteiger partial charge in [0.15, 0.2) is 0 Å². The van der Waals surface area contributed by atoms with Crippen LogP contribution in [0.3, 0.4) is 0 Å². The van der Waals surface area contributed by atoms with E-state index in [9.17, 15) is 8.78 Å². The van der Waals surface area contributed by atoms with E-state index in [-0.39, 0.29) is 0 Å². The minimum Gasteiger partial charge on any atom is -0.295 e. The van der Waals surface area contributed by atoms with E-state index >= 15 is 0 Å². The molecule has 76 valence electrons. The molecule has 2 rings (SSSR count). The molecule has 3 heteroatoms. The lowest BCUT2D eigenvalue weighted by Gasteiger charge is -2.23. The predicted octanol–water partition coefficient (Wildman–Crippen LogP) is 2.37. The summed E-state index contributed by atoms with van der Waals surface area (Å²) < 4.78 is 25.0. The average molecular weight is 189 g/mol. The highest BCUT2D eigenvalue weighted by Gasteiger charge is 2.39. The molecule has 0 spiro atoms. The van der Waals surface area contributed by atoms with Crippen LogP contribution in [0.2, 0.25) is 0 Å². The van der Waals surface area contributed by atoms with Crippen LogP contribution in [0.4, 0.5) is 8.78 Å². The molecule has 13 heavy (non-hydrogen) atoms. The van der Waals surface area contributed by atoms with Crippen LogP contribution in [0.1, 0.15) is 26.2 Å². The Morgan fingerprint density at radius 2 is 2.15 bits per heavy atom. The van der Waals surface area contributed by atoms with Gasteiger partial charge in [-0.25, -0.2) is 8.78 Å². The van der Waals surface area contributed by atoms with E-state index in [1.165, 1.54) is 6.42 Å². The van der Waals surface area contributed by atoms with Crippen molar-refractivity contribution in [1.82, 2.24) is 4.90 Å². The molecule has 0 radical (unpaired) electrons. The maximum atomic E-state index is 12.5. The highest BCUT2D eigenvalue weighted by Crippen LogP contribution is 2.39. The second kappa shape index (κ2) is 3.52. The van der Waals surface area contributed by atoms with Gasteiger partial charge in [0.2, 0.25) is 0 Å². The molecule has 0 N–H and O–H groups in total. The lowest BCUT2D eigenvalue weighted by Crippen LogP contribution is -2.36. The van der Waals surface area contributed by atoms with E-state index < -0.39 is 12.5 Å². The van der Waals surface area contributed by atoms with E-state index in [0.29, 0.717) is 12.3 Å². The Balaban J connectivity index is 1.83. The van der Waals surface area contributed by atoms with E-state index in [1.54, 1.807) is 0 Å². The third kappa shape index (κ3) is 2.01. The Hall–Kier alpha value is -0.180. The van der Waals surface area contributed by atoms with Crippen molar-refractivity contribution in [1.29, 1.82) is 0 Å². The van der Waals surface area contributed by atoms with Gasteiger partial charge in [-0.1, -0.05) is 6.92 Å². The van der Waals surface area contributed by atoms with Gasteiger partial charge in [-0.2, -0.15) is 0 Å². The van der Waals surface area contributed by atoms with Crippen molar-refractivity contribution in [2.24, 2.45) is 11.8 Å². The molecule has 1 saturated carbocycles. The molecule has 1 aliphatic heterocycles. The van der Waals surface area contributed by atoms with Crippen molar-refractivity contribution in [3.63, 3.8) is 0 Å². The third-order valence-electron chi connectivity index (χ3n) is 3.45. The maximum absolute atomic E-state index is 12.5. The molecular weight excluding hydrogens is 172 g/mol. The van der Waals surface area contributed by atoms with Gasteiger partial charge >= 0.3 is 0 Å². The summed E-state index contributed by atoms with van der Waals surface area (Å²) in [5.41, 5.74) is 0. The van der Waals surface area contributed by atoms with Crippen molar-refractivity contribution in [3.8, 4) is 0 Å². The van der Waals surface area contributed by atoms with Crippen LogP contribution in [0, 0.1) is 11.8 Å². The molecule has 2 aliphatic rings. The quantitative estimate of drug-likeness (QED) is 0.658. The molecule has 0 aromatic heterocycles. The molecule has 3 atom stereocenters. The second-order valence-electron chi connectivity index (χ2n) is 4.51. The first-order valence-corrected chi connectivity index (χ1v) is 5.20. The van der Waals surface area contributed by atoms with Crippen molar-refractivity contribution in [2.45, 2.75) is 38.7 Å². The Bertz CT molecular complexity index is 184. The lowest BCUT2D eigenvalue weighted by molar-refractivity contribution is 0.0449. The van der Waals surface area contributed by atoms with E-state index in [2.05, 4.69) is 6.92 Å². The first-order chi connectivity index (χ1) is 6.18. The van der Waals surface area contributed by atoms with Crippen LogP contribution in [0.15, 0.2) is 0 Å². The molecule has 1 saturated heterocycles. The first kappa shape index (κ1) is 9.38. The van der Waals surface area contributed by atoms with Crippen LogP contribution >= 0.6 is 0 Å². The van der Waals surface area contributed by atoms with E-state index in [0.717, 1.165) is 25.4 Å². The van der Waals surface area contributed by atoms with Gasteiger partial charge in [-0.05, 0) is 37.6 Å². The minimum absolute atomic E-state index is 0.437. The zero-order valence-corrected chi connectivity index (χ0v) is 8.05. The number of hydrogen-bond donors (Lipinski definition) is 0. The lowest BCUT2D eigenvalue weighted by atomic mass is 10.2. The number of likely N-dealkylation sites (tertiary alicyclic amines) is 1. The normalized spacial score (nSPS) is 40.2. The fourth-order valence-electron chi connectivity index (χ4n) is 2.32. The summed E-state index contributed by atoms with van der Waals surface area (Å²) in [6.07, 6.45) is 0.748. The molecule has 0 amide bonds. The molecule has 1 nitrogen and oxygen atoms in total. The van der Waals surface area contributed by atoms with Crippen molar-refractivity contribution >= 4 is 0 Å². The predicted molar refractivity (Wildman–Crippen MR) is 47.9 cm³/mol. The maximum Gasteiger partial charge on any atom is 0.253 e. The van der Waals surface area contributed by atoms with Crippen molar-refractivity contribution < 1.29 is 8.78 Å². The SMILES string of the molecule is CC1CC1CN1CCC[C@@H]1C(F)F. The Morgan fingerprint density at radius 1 is 1.46 bits per heavy atom. The fourth-order valence-corrected chi connectivity index (χ4v) is 2.32. The summed E-state index contributed by atoms with van der Waals surface area (Å²) >= 11 is 0. The van der Waals surface area contributed by atoms with Gasteiger partial charge in [0.05, 0.1) is 6.04 Å². The highest BCUT2D eigenvalue weighted by molar-refractivity contribution is 4.89. The van der Waals surface area contributed by atoms with E-state index in [4.69, 9.17) is 0 Å². The summed E-state index contributed by atoms with van der Waals surface area (Å²) in [7, 11) is 0. The summed E-state index contributed by atoms with van der Waals surface area (Å²) in [5, 5.41) is 0. The zero-order valence-electron chi connectivity index (χ0n) is 8.05. The molecule has 1 aliphatic carbocycles. The molecule has 1 heterocycles. The summed E-state index contributed by atoms with van der Waals surface area (Å²) in [6, 6.07) is -0.437. The number of rotatable bonds is 3. The topological polar surface area (TPSA) is 3.24 Å². The number of nitrogens with zero attached hydrogens (tertiary/aromatic N) is 1.